The lowest BCUT2D eigenvalue weighted by atomic mass is 10.2. The molecule has 1 fully saturated rings. The summed E-state index contributed by atoms with van der Waals surface area (Å²) in [6.07, 6.45) is 2.16. The van der Waals surface area contributed by atoms with Crippen LogP contribution in [0.5, 0.6) is 11.5 Å². The first-order valence-electron chi connectivity index (χ1n) is 8.58. The topological polar surface area (TPSA) is 60.7 Å². The lowest BCUT2D eigenvalue weighted by Gasteiger charge is -2.20. The van der Waals surface area contributed by atoms with E-state index in [1.165, 1.54) is 6.42 Å². The number of benzene rings is 1. The fourth-order valence-corrected chi connectivity index (χ4v) is 3.48. The highest BCUT2D eigenvalue weighted by Crippen LogP contribution is 2.47. The number of fused-ring (bicyclic) bond motifs is 1. The van der Waals surface area contributed by atoms with Crippen LogP contribution in [0.25, 0.3) is 0 Å². The number of aryl methyl sites for hydroxylation is 1. The molecule has 0 spiro atoms. The Morgan fingerprint density at radius 3 is 2.68 bits per heavy atom. The van der Waals surface area contributed by atoms with Gasteiger partial charge in [-0.25, -0.2) is 0 Å². The molecule has 25 heavy (non-hydrogen) atoms. The molecule has 0 unspecified atom stereocenters. The minimum atomic E-state index is -0.0601. The molecule has 1 aliphatic carbocycles. The Hall–Kier alpha value is -1.95. The van der Waals surface area contributed by atoms with Crippen LogP contribution < -0.4 is 14.8 Å². The second kappa shape index (κ2) is 6.75. The number of halogens is 1. The summed E-state index contributed by atoms with van der Waals surface area (Å²) in [6.45, 7) is 3.28. The van der Waals surface area contributed by atoms with Gasteiger partial charge in [-0.3, -0.25) is 4.79 Å². The Morgan fingerprint density at radius 1 is 1.24 bits per heavy atom. The van der Waals surface area contributed by atoms with Gasteiger partial charge in [-0.1, -0.05) is 6.92 Å². The Kier molecular flexibility index (Phi) is 4.46. The van der Waals surface area contributed by atoms with E-state index in [2.05, 4.69) is 28.2 Å². The summed E-state index contributed by atoms with van der Waals surface area (Å²) in [7, 11) is 0. The van der Waals surface area contributed by atoms with Crippen LogP contribution in [0.3, 0.4) is 0 Å². The first-order chi connectivity index (χ1) is 12.1. The first kappa shape index (κ1) is 16.5. The number of furan rings is 1. The van der Waals surface area contributed by atoms with Crippen LogP contribution in [-0.4, -0.2) is 19.1 Å². The second-order valence-electron chi connectivity index (χ2n) is 6.65. The van der Waals surface area contributed by atoms with Crippen molar-refractivity contribution in [2.24, 2.45) is 5.92 Å². The number of hydrogen-bond donors (Lipinski definition) is 1. The predicted molar refractivity (Wildman–Crippen MR) is 97.3 cm³/mol. The maximum atomic E-state index is 12.3. The maximum Gasteiger partial charge on any atom is 0.224 e. The van der Waals surface area contributed by atoms with Crippen LogP contribution in [-0.2, 0) is 11.2 Å². The maximum absolute atomic E-state index is 12.3. The summed E-state index contributed by atoms with van der Waals surface area (Å²) in [5, 5.41) is 2.92. The number of anilines is 1. The highest BCUT2D eigenvalue weighted by atomic mass is 79.9. The van der Waals surface area contributed by atoms with E-state index in [9.17, 15) is 4.79 Å². The van der Waals surface area contributed by atoms with E-state index >= 15 is 0 Å². The molecule has 2 aromatic rings. The lowest BCUT2D eigenvalue weighted by molar-refractivity contribution is -0.116. The zero-order valence-corrected chi connectivity index (χ0v) is 15.6. The molecule has 1 amide bonds. The van der Waals surface area contributed by atoms with E-state index in [4.69, 9.17) is 13.9 Å². The van der Waals surface area contributed by atoms with Crippen molar-refractivity contribution in [1.29, 1.82) is 0 Å². The molecule has 2 aliphatic rings. The largest absolute Gasteiger partial charge is 0.486 e. The number of ether oxygens (including phenoxy) is 2. The van der Waals surface area contributed by atoms with Crippen molar-refractivity contribution >= 4 is 27.5 Å². The van der Waals surface area contributed by atoms with Crippen LogP contribution in [0, 0.1) is 5.92 Å². The lowest BCUT2D eigenvalue weighted by Crippen LogP contribution is -2.17. The molecule has 1 aliphatic heterocycles. The average molecular weight is 406 g/mol. The number of amides is 1. The SMILES string of the molecule is C[C@H]1C[C@H]1c1ccc(CCC(=O)Nc2cc3c(cc2Br)OCCO3)o1. The molecule has 2 atom stereocenters. The number of carbonyl (C=O) groups excluding carboxylic acids is 1. The first-order valence-corrected chi connectivity index (χ1v) is 9.37. The van der Waals surface area contributed by atoms with E-state index in [0.29, 0.717) is 49.2 Å². The highest BCUT2D eigenvalue weighted by Gasteiger charge is 2.36. The van der Waals surface area contributed by atoms with Crippen molar-refractivity contribution < 1.29 is 18.7 Å². The summed E-state index contributed by atoms with van der Waals surface area (Å²) < 4.78 is 17.7. The summed E-state index contributed by atoms with van der Waals surface area (Å²) in [5.41, 5.74) is 0.682. The standard InChI is InChI=1S/C19H20BrNO4/c1-11-8-13(11)16-4-2-12(25-16)3-5-19(22)21-15-10-18-17(9-14(15)20)23-6-7-24-18/h2,4,9-11,13H,3,5-8H2,1H3,(H,21,22)/t11-,13+/m0/s1. The predicted octanol–water partition coefficient (Wildman–Crippen LogP) is 4.51. The zero-order valence-electron chi connectivity index (χ0n) is 14.0. The number of rotatable bonds is 5. The number of carbonyl (C=O) groups is 1. The zero-order chi connectivity index (χ0) is 17.4. The van der Waals surface area contributed by atoms with Crippen molar-refractivity contribution in [3.8, 4) is 11.5 Å². The van der Waals surface area contributed by atoms with Gasteiger partial charge >= 0.3 is 0 Å². The molecule has 0 radical (unpaired) electrons. The van der Waals surface area contributed by atoms with Gasteiger partial charge in [0.2, 0.25) is 5.91 Å². The summed E-state index contributed by atoms with van der Waals surface area (Å²) in [4.78, 5) is 12.3. The van der Waals surface area contributed by atoms with Crippen molar-refractivity contribution in [3.63, 3.8) is 0 Å². The quantitative estimate of drug-likeness (QED) is 0.794. The third kappa shape index (κ3) is 3.68. The minimum absolute atomic E-state index is 0.0601. The van der Waals surface area contributed by atoms with E-state index in [1.807, 2.05) is 18.2 Å². The molecular formula is C19H20BrNO4. The van der Waals surface area contributed by atoms with E-state index in [1.54, 1.807) is 6.07 Å². The average Bonchev–Trinajstić information content (AvgIpc) is 3.15. The molecule has 132 valence electrons. The van der Waals surface area contributed by atoms with Gasteiger partial charge in [0.1, 0.15) is 24.7 Å². The third-order valence-electron chi connectivity index (χ3n) is 4.66. The molecule has 6 heteroatoms. The second-order valence-corrected chi connectivity index (χ2v) is 7.50. The van der Waals surface area contributed by atoms with Crippen LogP contribution in [0.4, 0.5) is 5.69 Å². The van der Waals surface area contributed by atoms with Crippen molar-refractivity contribution in [3.05, 3.63) is 40.3 Å². The Balaban J connectivity index is 1.35. The highest BCUT2D eigenvalue weighted by molar-refractivity contribution is 9.10. The van der Waals surface area contributed by atoms with Gasteiger partial charge in [0.15, 0.2) is 11.5 Å². The van der Waals surface area contributed by atoms with Crippen LogP contribution in [0.15, 0.2) is 33.2 Å². The fourth-order valence-electron chi connectivity index (χ4n) is 3.06. The van der Waals surface area contributed by atoms with Gasteiger partial charge in [0.05, 0.1) is 5.69 Å². The Labute approximate surface area is 154 Å². The fraction of sp³-hybridized carbons (Fsp3) is 0.421. The third-order valence-corrected chi connectivity index (χ3v) is 5.32. The normalized spacial score (nSPS) is 21.0. The van der Waals surface area contributed by atoms with Crippen LogP contribution in [0.1, 0.15) is 37.2 Å². The van der Waals surface area contributed by atoms with Gasteiger partial charge in [-0.05, 0) is 40.4 Å². The molecule has 1 aromatic carbocycles. The van der Waals surface area contributed by atoms with Crippen LogP contribution >= 0.6 is 15.9 Å². The minimum Gasteiger partial charge on any atom is -0.486 e. The monoisotopic (exact) mass is 405 g/mol. The van der Waals surface area contributed by atoms with E-state index in [0.717, 1.165) is 21.9 Å². The van der Waals surface area contributed by atoms with Crippen molar-refractivity contribution in [2.45, 2.75) is 32.1 Å². The smallest absolute Gasteiger partial charge is 0.224 e. The van der Waals surface area contributed by atoms with Crippen molar-refractivity contribution in [2.75, 3.05) is 18.5 Å². The molecule has 5 nitrogen and oxygen atoms in total. The molecule has 1 saturated carbocycles. The number of nitrogens with one attached hydrogen (secondary N) is 1. The van der Waals surface area contributed by atoms with Gasteiger partial charge in [0.25, 0.3) is 0 Å². The van der Waals surface area contributed by atoms with Gasteiger partial charge in [0, 0.05) is 35.4 Å². The van der Waals surface area contributed by atoms with Gasteiger partial charge in [-0.15, -0.1) is 0 Å². The summed E-state index contributed by atoms with van der Waals surface area (Å²) in [6, 6.07) is 7.63. The molecule has 2 heterocycles. The van der Waals surface area contributed by atoms with Gasteiger partial charge in [-0.2, -0.15) is 0 Å². The molecule has 4 rings (SSSR count). The Morgan fingerprint density at radius 2 is 1.96 bits per heavy atom. The molecule has 0 saturated heterocycles. The van der Waals surface area contributed by atoms with E-state index < -0.39 is 0 Å². The molecule has 1 aromatic heterocycles. The number of hydrogen-bond acceptors (Lipinski definition) is 4. The van der Waals surface area contributed by atoms with Gasteiger partial charge < -0.3 is 19.2 Å². The van der Waals surface area contributed by atoms with Crippen LogP contribution in [0.2, 0.25) is 0 Å². The molecule has 1 N–H and O–H groups in total. The van der Waals surface area contributed by atoms with Crippen molar-refractivity contribution in [1.82, 2.24) is 0 Å². The molecular weight excluding hydrogens is 386 g/mol. The van der Waals surface area contributed by atoms with E-state index in [-0.39, 0.29) is 5.91 Å². The summed E-state index contributed by atoms with van der Waals surface area (Å²) >= 11 is 3.46. The molecule has 0 bridgehead atoms. The Bertz CT molecular complexity index is 801. The summed E-state index contributed by atoms with van der Waals surface area (Å²) in [5.74, 6) is 4.48.